The highest BCUT2D eigenvalue weighted by atomic mass is 32.1. The van der Waals surface area contributed by atoms with Crippen LogP contribution in [0.5, 0.6) is 0 Å². The second-order valence-corrected chi connectivity index (χ2v) is 14.9. The summed E-state index contributed by atoms with van der Waals surface area (Å²) in [6.45, 7) is 0. The Morgan fingerprint density at radius 2 is 1.02 bits per heavy atom. The standard InChI is InChI=1S/C48H28N4S/c1-2-10-34-31(9-1)21-25-43-46(34)38-28-32(29-17-19-30(20-18-29)33-23-26-45-37(27-33)35-11-4-8-16-44(35)53-45)22-24-41(38)51(43)48-50-39-13-5-3-12-36(39)47-49-40-14-6-7-15-42(40)52(47)48/h1-28H. The Balaban J connectivity index is 1.08. The van der Waals surface area contributed by atoms with Crippen molar-refractivity contribution >= 4 is 91.7 Å². The SMILES string of the molecule is c1ccc2c(c1)ccc1c2c2cc(-c3ccc(-c4ccc5sc6ccccc6c5c4)cc3)ccc2n1-c1nc2ccccc2c2nc3ccccc3n12. The van der Waals surface area contributed by atoms with Gasteiger partial charge in [-0.25, -0.2) is 9.97 Å². The first-order valence-electron chi connectivity index (χ1n) is 17.9. The molecule has 0 saturated carbocycles. The molecule has 0 aliphatic carbocycles. The first-order chi connectivity index (χ1) is 26.3. The van der Waals surface area contributed by atoms with Crippen molar-refractivity contribution in [2.75, 3.05) is 0 Å². The summed E-state index contributed by atoms with van der Waals surface area (Å²) in [6.07, 6.45) is 0. The van der Waals surface area contributed by atoms with Gasteiger partial charge in [0.15, 0.2) is 0 Å². The molecule has 8 aromatic carbocycles. The zero-order chi connectivity index (χ0) is 34.6. The van der Waals surface area contributed by atoms with Crippen molar-refractivity contribution in [2.45, 2.75) is 0 Å². The van der Waals surface area contributed by atoms with Gasteiger partial charge < -0.3 is 0 Å². The molecule has 12 aromatic rings. The highest BCUT2D eigenvalue weighted by Gasteiger charge is 2.21. The number of fused-ring (bicyclic) bond motifs is 13. The zero-order valence-corrected chi connectivity index (χ0v) is 29.2. The fourth-order valence-corrected chi connectivity index (χ4v) is 9.51. The lowest BCUT2D eigenvalue weighted by molar-refractivity contribution is 0.980. The van der Waals surface area contributed by atoms with E-state index in [0.717, 1.165) is 44.6 Å². The van der Waals surface area contributed by atoms with Gasteiger partial charge in [0.2, 0.25) is 5.95 Å². The van der Waals surface area contributed by atoms with E-state index in [1.54, 1.807) is 0 Å². The number of hydrogen-bond acceptors (Lipinski definition) is 3. The molecule has 0 aliphatic rings. The van der Waals surface area contributed by atoms with E-state index in [9.17, 15) is 0 Å². The van der Waals surface area contributed by atoms with Crippen molar-refractivity contribution in [1.82, 2.24) is 18.9 Å². The molecule has 0 amide bonds. The highest BCUT2D eigenvalue weighted by Crippen LogP contribution is 2.41. The maximum atomic E-state index is 5.39. The van der Waals surface area contributed by atoms with Crippen molar-refractivity contribution < 1.29 is 0 Å². The summed E-state index contributed by atoms with van der Waals surface area (Å²) in [4.78, 5) is 10.5. The molecule has 4 heterocycles. The lowest BCUT2D eigenvalue weighted by Crippen LogP contribution is -2.06. The lowest BCUT2D eigenvalue weighted by atomic mass is 9.97. The fourth-order valence-electron chi connectivity index (χ4n) is 8.42. The van der Waals surface area contributed by atoms with Crippen LogP contribution in [0.4, 0.5) is 0 Å². The molecule has 0 saturated heterocycles. The predicted octanol–water partition coefficient (Wildman–Crippen LogP) is 13.0. The number of para-hydroxylation sites is 3. The Morgan fingerprint density at radius 3 is 1.87 bits per heavy atom. The smallest absolute Gasteiger partial charge is 0.221 e. The fraction of sp³-hybridized carbons (Fsp3) is 0. The highest BCUT2D eigenvalue weighted by molar-refractivity contribution is 7.25. The van der Waals surface area contributed by atoms with E-state index in [2.05, 4.69) is 179 Å². The van der Waals surface area contributed by atoms with Gasteiger partial charge in [-0.05, 0) is 93.7 Å². The first-order valence-corrected chi connectivity index (χ1v) is 18.7. The van der Waals surface area contributed by atoms with E-state index in [0.29, 0.717) is 0 Å². The summed E-state index contributed by atoms with van der Waals surface area (Å²) in [7, 11) is 0. The van der Waals surface area contributed by atoms with Crippen molar-refractivity contribution in [2.24, 2.45) is 0 Å². The zero-order valence-electron chi connectivity index (χ0n) is 28.4. The number of imidazole rings is 1. The quantitative estimate of drug-likeness (QED) is 0.185. The maximum Gasteiger partial charge on any atom is 0.221 e. The minimum Gasteiger partial charge on any atom is -0.279 e. The third-order valence-corrected chi connectivity index (χ3v) is 12.1. The summed E-state index contributed by atoms with van der Waals surface area (Å²) in [5.74, 6) is 0.829. The van der Waals surface area contributed by atoms with Crippen LogP contribution in [0.25, 0.3) is 109 Å². The number of nitrogens with zero attached hydrogens (tertiary/aromatic N) is 4. The maximum absolute atomic E-state index is 5.39. The van der Waals surface area contributed by atoms with E-state index in [4.69, 9.17) is 9.97 Å². The number of rotatable bonds is 3. The van der Waals surface area contributed by atoms with E-state index in [-0.39, 0.29) is 0 Å². The number of hydrogen-bond donors (Lipinski definition) is 0. The molecule has 4 nitrogen and oxygen atoms in total. The molecule has 53 heavy (non-hydrogen) atoms. The van der Waals surface area contributed by atoms with E-state index in [1.165, 1.54) is 64.0 Å². The van der Waals surface area contributed by atoms with Crippen LogP contribution >= 0.6 is 11.3 Å². The summed E-state index contributed by atoms with van der Waals surface area (Å²) in [5.41, 5.74) is 10.9. The molecular formula is C48H28N4S. The van der Waals surface area contributed by atoms with Crippen LogP contribution in [0.3, 0.4) is 0 Å². The molecule has 0 aliphatic heterocycles. The Kier molecular flexibility index (Phi) is 5.90. The van der Waals surface area contributed by atoms with Crippen LogP contribution in [-0.4, -0.2) is 18.9 Å². The van der Waals surface area contributed by atoms with E-state index >= 15 is 0 Å². The number of aromatic nitrogens is 4. The topological polar surface area (TPSA) is 35.1 Å². The van der Waals surface area contributed by atoms with Gasteiger partial charge in [0.25, 0.3) is 0 Å². The molecule has 0 spiro atoms. The molecule has 0 atom stereocenters. The van der Waals surface area contributed by atoms with Gasteiger partial charge in [-0.1, -0.05) is 109 Å². The van der Waals surface area contributed by atoms with Gasteiger partial charge in [-0.2, -0.15) is 0 Å². The van der Waals surface area contributed by atoms with Crippen molar-refractivity contribution in [1.29, 1.82) is 0 Å². The monoisotopic (exact) mass is 692 g/mol. The van der Waals surface area contributed by atoms with Gasteiger partial charge in [0, 0.05) is 36.3 Å². The third-order valence-electron chi connectivity index (χ3n) is 10.9. The summed E-state index contributed by atoms with van der Waals surface area (Å²) < 4.78 is 7.22. The Hall–Kier alpha value is -6.82. The van der Waals surface area contributed by atoms with E-state index < -0.39 is 0 Å². The van der Waals surface area contributed by atoms with Gasteiger partial charge >= 0.3 is 0 Å². The predicted molar refractivity (Wildman–Crippen MR) is 224 cm³/mol. The average Bonchev–Trinajstić information content (AvgIpc) is 3.90. The average molecular weight is 693 g/mol. The lowest BCUT2D eigenvalue weighted by Gasteiger charge is -2.13. The molecule has 5 heteroatoms. The second kappa shape index (κ2) is 10.8. The van der Waals surface area contributed by atoms with Crippen molar-refractivity contribution in [3.8, 4) is 28.2 Å². The van der Waals surface area contributed by atoms with Gasteiger partial charge in [-0.15, -0.1) is 11.3 Å². The van der Waals surface area contributed by atoms with Gasteiger partial charge in [-0.3, -0.25) is 8.97 Å². The molecule has 0 fully saturated rings. The van der Waals surface area contributed by atoms with Crippen LogP contribution in [-0.2, 0) is 0 Å². The molecule has 0 N–H and O–H groups in total. The largest absolute Gasteiger partial charge is 0.279 e. The minimum absolute atomic E-state index is 0.829. The van der Waals surface area contributed by atoms with Gasteiger partial charge in [0.1, 0.15) is 5.65 Å². The molecule has 0 radical (unpaired) electrons. The van der Waals surface area contributed by atoms with Gasteiger partial charge in [0.05, 0.1) is 27.6 Å². The second-order valence-electron chi connectivity index (χ2n) is 13.8. The summed E-state index contributed by atoms with van der Waals surface area (Å²) >= 11 is 1.86. The molecular weight excluding hydrogens is 665 g/mol. The molecule has 246 valence electrons. The Labute approximate surface area is 307 Å². The minimum atomic E-state index is 0.829. The first kappa shape index (κ1) is 28.8. The Bertz CT molecular complexity index is 3460. The summed E-state index contributed by atoms with van der Waals surface area (Å²) in [5, 5.41) is 8.54. The van der Waals surface area contributed by atoms with Crippen LogP contribution in [0, 0.1) is 0 Å². The molecule has 12 rings (SSSR count). The molecule has 0 unspecified atom stereocenters. The van der Waals surface area contributed by atoms with Crippen LogP contribution < -0.4 is 0 Å². The van der Waals surface area contributed by atoms with Crippen molar-refractivity contribution in [3.63, 3.8) is 0 Å². The molecule has 0 bridgehead atoms. The van der Waals surface area contributed by atoms with E-state index in [1.807, 2.05) is 11.3 Å². The number of thiophene rings is 1. The Morgan fingerprint density at radius 1 is 0.396 bits per heavy atom. The molecule has 4 aromatic heterocycles. The normalized spacial score (nSPS) is 12.2. The van der Waals surface area contributed by atoms with Crippen molar-refractivity contribution in [3.05, 3.63) is 170 Å². The van der Waals surface area contributed by atoms with Crippen LogP contribution in [0.2, 0.25) is 0 Å². The third kappa shape index (κ3) is 4.17. The van der Waals surface area contributed by atoms with Crippen LogP contribution in [0.1, 0.15) is 0 Å². The summed E-state index contributed by atoms with van der Waals surface area (Å²) in [6, 6.07) is 61.3. The number of benzene rings is 8. The van der Waals surface area contributed by atoms with Crippen LogP contribution in [0.15, 0.2) is 170 Å².